The van der Waals surface area contributed by atoms with Crippen LogP contribution >= 0.6 is 0 Å². The second kappa shape index (κ2) is 6.65. The van der Waals surface area contributed by atoms with Crippen LogP contribution in [0.15, 0.2) is 16.8 Å². The highest BCUT2D eigenvalue weighted by Crippen LogP contribution is 2.32. The lowest BCUT2D eigenvalue weighted by atomic mass is 10.0. The first-order chi connectivity index (χ1) is 11.8. The molecular formula is C14H15F3N6O2. The van der Waals surface area contributed by atoms with Gasteiger partial charge in [-0.25, -0.2) is 9.97 Å². The van der Waals surface area contributed by atoms with E-state index in [4.69, 9.17) is 10.2 Å². The molecule has 3 rings (SSSR count). The van der Waals surface area contributed by atoms with Crippen LogP contribution < -0.4 is 5.73 Å². The van der Waals surface area contributed by atoms with E-state index in [0.717, 1.165) is 12.8 Å². The number of halogens is 3. The van der Waals surface area contributed by atoms with E-state index in [2.05, 4.69) is 20.2 Å². The first kappa shape index (κ1) is 17.1. The number of carbonyl (C=O) groups excluding carboxylic acids is 1. The van der Waals surface area contributed by atoms with Gasteiger partial charge < -0.3 is 15.1 Å². The molecule has 1 fully saturated rings. The Labute approximate surface area is 140 Å². The highest BCUT2D eigenvalue weighted by molar-refractivity contribution is 5.96. The molecule has 8 nitrogen and oxygen atoms in total. The maximum absolute atomic E-state index is 12.7. The SMILES string of the molecule is Nc1nccnc1C(=O)N1CCCCC1c1nnc(CC(F)(F)F)o1. The monoisotopic (exact) mass is 356 g/mol. The summed E-state index contributed by atoms with van der Waals surface area (Å²) < 4.78 is 42.5. The molecule has 0 radical (unpaired) electrons. The summed E-state index contributed by atoms with van der Waals surface area (Å²) in [6.07, 6.45) is -1.03. The van der Waals surface area contributed by atoms with Crippen LogP contribution in [-0.2, 0) is 6.42 Å². The van der Waals surface area contributed by atoms with E-state index >= 15 is 0 Å². The van der Waals surface area contributed by atoms with Gasteiger partial charge in [0.2, 0.25) is 11.8 Å². The van der Waals surface area contributed by atoms with Gasteiger partial charge >= 0.3 is 6.18 Å². The molecular weight excluding hydrogens is 341 g/mol. The number of rotatable bonds is 3. The molecule has 1 amide bonds. The Bertz CT molecular complexity index is 763. The van der Waals surface area contributed by atoms with Crippen molar-refractivity contribution in [3.63, 3.8) is 0 Å². The molecule has 0 saturated carbocycles. The van der Waals surface area contributed by atoms with Gasteiger partial charge in [-0.1, -0.05) is 0 Å². The number of anilines is 1. The number of nitrogen functional groups attached to an aromatic ring is 1. The Hall–Kier alpha value is -2.72. The van der Waals surface area contributed by atoms with Gasteiger partial charge in [-0.3, -0.25) is 4.79 Å². The number of likely N-dealkylation sites (tertiary alicyclic amines) is 1. The van der Waals surface area contributed by atoms with Gasteiger partial charge in [-0.05, 0) is 19.3 Å². The molecule has 0 aromatic carbocycles. The predicted molar refractivity (Wildman–Crippen MR) is 78.1 cm³/mol. The topological polar surface area (TPSA) is 111 Å². The van der Waals surface area contributed by atoms with Crippen LogP contribution in [0.2, 0.25) is 0 Å². The molecule has 3 heterocycles. The predicted octanol–water partition coefficient (Wildman–Crippen LogP) is 1.91. The zero-order chi connectivity index (χ0) is 18.0. The number of nitrogens with zero attached hydrogens (tertiary/aromatic N) is 5. The van der Waals surface area contributed by atoms with E-state index in [-0.39, 0.29) is 17.4 Å². The van der Waals surface area contributed by atoms with Crippen LogP contribution in [0.25, 0.3) is 0 Å². The van der Waals surface area contributed by atoms with Crippen molar-refractivity contribution in [2.75, 3.05) is 12.3 Å². The Morgan fingerprint density at radius 2 is 2.04 bits per heavy atom. The fourth-order valence-electron chi connectivity index (χ4n) is 2.73. The summed E-state index contributed by atoms with van der Waals surface area (Å²) in [6, 6.07) is -0.614. The molecule has 0 aliphatic carbocycles. The number of piperidine rings is 1. The normalized spacial score (nSPS) is 18.4. The Morgan fingerprint density at radius 3 is 2.76 bits per heavy atom. The quantitative estimate of drug-likeness (QED) is 0.894. The van der Waals surface area contributed by atoms with E-state index < -0.39 is 30.4 Å². The molecule has 1 aliphatic rings. The van der Waals surface area contributed by atoms with Crippen LogP contribution in [0.3, 0.4) is 0 Å². The minimum absolute atomic E-state index is 0.00979. The van der Waals surface area contributed by atoms with Crippen molar-refractivity contribution in [1.29, 1.82) is 0 Å². The summed E-state index contributed by atoms with van der Waals surface area (Å²) in [5.74, 6) is -1.03. The summed E-state index contributed by atoms with van der Waals surface area (Å²) in [5, 5.41) is 7.13. The minimum Gasteiger partial charge on any atom is -0.423 e. The van der Waals surface area contributed by atoms with Crippen molar-refractivity contribution in [3.8, 4) is 0 Å². The molecule has 0 spiro atoms. The maximum atomic E-state index is 12.7. The standard InChI is InChI=1S/C14H15F3N6O2/c15-14(16,17)7-9-21-22-12(25-9)8-3-1-2-6-23(8)13(24)10-11(18)20-5-4-19-10/h4-5,8H,1-3,6-7H2,(H2,18,20). The summed E-state index contributed by atoms with van der Waals surface area (Å²) in [5.41, 5.74) is 5.68. The lowest BCUT2D eigenvalue weighted by Crippen LogP contribution is -2.39. The van der Waals surface area contributed by atoms with Crippen molar-refractivity contribution in [1.82, 2.24) is 25.1 Å². The molecule has 1 saturated heterocycles. The van der Waals surface area contributed by atoms with Gasteiger partial charge in [-0.15, -0.1) is 10.2 Å². The molecule has 1 aliphatic heterocycles. The third-order valence-corrected chi connectivity index (χ3v) is 3.81. The first-order valence-electron chi connectivity index (χ1n) is 7.61. The molecule has 0 bridgehead atoms. The van der Waals surface area contributed by atoms with Crippen molar-refractivity contribution in [3.05, 3.63) is 29.9 Å². The number of hydrogen-bond acceptors (Lipinski definition) is 7. The van der Waals surface area contributed by atoms with Gasteiger partial charge in [0.1, 0.15) is 12.5 Å². The maximum Gasteiger partial charge on any atom is 0.397 e. The van der Waals surface area contributed by atoms with Crippen molar-refractivity contribution in [2.45, 2.75) is 37.9 Å². The number of carbonyl (C=O) groups is 1. The van der Waals surface area contributed by atoms with Gasteiger partial charge in [-0.2, -0.15) is 13.2 Å². The highest BCUT2D eigenvalue weighted by atomic mass is 19.4. The fourth-order valence-corrected chi connectivity index (χ4v) is 2.73. The van der Waals surface area contributed by atoms with Gasteiger partial charge in [0.05, 0.1) is 0 Å². The van der Waals surface area contributed by atoms with Crippen LogP contribution in [0.5, 0.6) is 0 Å². The zero-order valence-corrected chi connectivity index (χ0v) is 13.0. The number of nitrogens with two attached hydrogens (primary N) is 1. The van der Waals surface area contributed by atoms with E-state index in [1.807, 2.05) is 0 Å². The lowest BCUT2D eigenvalue weighted by molar-refractivity contribution is -0.131. The third kappa shape index (κ3) is 3.86. The van der Waals surface area contributed by atoms with Crippen molar-refractivity contribution >= 4 is 11.7 Å². The number of amides is 1. The molecule has 2 N–H and O–H groups in total. The summed E-state index contributed by atoms with van der Waals surface area (Å²) >= 11 is 0. The van der Waals surface area contributed by atoms with Crippen LogP contribution in [-0.4, -0.2) is 43.7 Å². The highest BCUT2D eigenvalue weighted by Gasteiger charge is 2.36. The number of alkyl halides is 3. The Balaban J connectivity index is 1.84. The third-order valence-electron chi connectivity index (χ3n) is 3.81. The molecule has 2 aromatic rings. The zero-order valence-electron chi connectivity index (χ0n) is 13.0. The summed E-state index contributed by atoms with van der Waals surface area (Å²) in [7, 11) is 0. The molecule has 1 atom stereocenters. The Morgan fingerprint density at radius 1 is 1.28 bits per heavy atom. The molecule has 134 valence electrons. The molecule has 1 unspecified atom stereocenters. The number of aromatic nitrogens is 4. The second-order valence-electron chi connectivity index (χ2n) is 5.63. The average molecular weight is 356 g/mol. The van der Waals surface area contributed by atoms with E-state index in [1.54, 1.807) is 0 Å². The smallest absolute Gasteiger partial charge is 0.397 e. The van der Waals surface area contributed by atoms with Gasteiger partial charge in [0, 0.05) is 18.9 Å². The molecule has 2 aromatic heterocycles. The van der Waals surface area contributed by atoms with E-state index in [1.165, 1.54) is 17.3 Å². The average Bonchev–Trinajstić information content (AvgIpc) is 3.01. The summed E-state index contributed by atoms with van der Waals surface area (Å²) in [4.78, 5) is 21.9. The Kier molecular flexibility index (Phi) is 4.55. The first-order valence-corrected chi connectivity index (χ1v) is 7.61. The van der Waals surface area contributed by atoms with E-state index in [0.29, 0.717) is 13.0 Å². The van der Waals surface area contributed by atoms with E-state index in [9.17, 15) is 18.0 Å². The largest absolute Gasteiger partial charge is 0.423 e. The molecule has 25 heavy (non-hydrogen) atoms. The molecule has 11 heteroatoms. The number of hydrogen-bond donors (Lipinski definition) is 1. The fraction of sp³-hybridized carbons (Fsp3) is 0.500. The lowest BCUT2D eigenvalue weighted by Gasteiger charge is -2.33. The van der Waals surface area contributed by atoms with Crippen LogP contribution in [0, 0.1) is 0 Å². The van der Waals surface area contributed by atoms with Crippen LogP contribution in [0.1, 0.15) is 47.6 Å². The second-order valence-corrected chi connectivity index (χ2v) is 5.63. The summed E-state index contributed by atoms with van der Waals surface area (Å²) in [6.45, 7) is 0.385. The van der Waals surface area contributed by atoms with Crippen molar-refractivity contribution in [2.24, 2.45) is 0 Å². The minimum atomic E-state index is -4.44. The van der Waals surface area contributed by atoms with Gasteiger partial charge in [0.25, 0.3) is 5.91 Å². The van der Waals surface area contributed by atoms with Crippen LogP contribution in [0.4, 0.5) is 19.0 Å². The van der Waals surface area contributed by atoms with Crippen molar-refractivity contribution < 1.29 is 22.4 Å². The van der Waals surface area contributed by atoms with Gasteiger partial charge in [0.15, 0.2) is 11.5 Å².